The summed E-state index contributed by atoms with van der Waals surface area (Å²) in [7, 11) is 0. The van der Waals surface area contributed by atoms with Crippen molar-refractivity contribution in [2.45, 2.75) is 32.9 Å². The number of hydrogen-bond acceptors (Lipinski definition) is 5. The minimum absolute atomic E-state index is 0.0403. The van der Waals surface area contributed by atoms with E-state index in [9.17, 15) is 9.90 Å². The van der Waals surface area contributed by atoms with Crippen LogP contribution in [0.25, 0.3) is 11.3 Å². The van der Waals surface area contributed by atoms with Crippen molar-refractivity contribution in [1.82, 2.24) is 15.1 Å². The lowest BCUT2D eigenvalue weighted by molar-refractivity contribution is 0.0743. The Hall–Kier alpha value is -3.97. The van der Waals surface area contributed by atoms with Crippen LogP contribution in [-0.4, -0.2) is 39.3 Å². The summed E-state index contributed by atoms with van der Waals surface area (Å²) in [5, 5.41) is 18.4. The summed E-state index contributed by atoms with van der Waals surface area (Å²) in [4.78, 5) is 15.2. The third kappa shape index (κ3) is 4.74. The third-order valence-corrected chi connectivity index (χ3v) is 6.60. The van der Waals surface area contributed by atoms with E-state index in [4.69, 9.17) is 21.1 Å². The van der Waals surface area contributed by atoms with Gasteiger partial charge < -0.3 is 19.5 Å². The van der Waals surface area contributed by atoms with Crippen LogP contribution in [0.3, 0.4) is 0 Å². The number of aromatic hydroxyl groups is 1. The van der Waals surface area contributed by atoms with Gasteiger partial charge in [-0.15, -0.1) is 0 Å². The zero-order chi connectivity index (χ0) is 25.9. The summed E-state index contributed by atoms with van der Waals surface area (Å²) in [5.41, 5.74) is 3.99. The Morgan fingerprint density at radius 2 is 1.84 bits per heavy atom. The molecular formula is C29H28ClN3O4. The molecule has 0 fully saturated rings. The lowest BCUT2D eigenvalue weighted by Crippen LogP contribution is -2.30. The molecule has 7 nitrogen and oxygen atoms in total. The minimum Gasteiger partial charge on any atom is -0.507 e. The van der Waals surface area contributed by atoms with Gasteiger partial charge in [-0.3, -0.25) is 9.89 Å². The SMILES string of the molecule is CCCN1C(=O)c2[nH]nc(-c3cc(Cl)ccc3O)c2C1c1ccc(OCc2ccccc2)c(OCC)c1. The van der Waals surface area contributed by atoms with E-state index in [1.165, 1.54) is 6.07 Å². The standard InChI is InChI=1S/C29H28ClN3O4/c1-3-14-33-28(25-26(31-32-27(25)29(33)35)21-16-20(30)11-12-22(21)34)19-10-13-23(24(15-19)36-4-2)37-17-18-8-6-5-7-9-18/h5-13,15-16,28,34H,3-4,14,17H2,1-2H3,(H,31,32). The van der Waals surface area contributed by atoms with Crippen molar-refractivity contribution in [3.63, 3.8) is 0 Å². The van der Waals surface area contributed by atoms with Gasteiger partial charge in [0.2, 0.25) is 0 Å². The fourth-order valence-electron chi connectivity index (χ4n) is 4.74. The molecule has 1 aliphatic rings. The number of halogens is 1. The molecule has 5 rings (SSSR count). The van der Waals surface area contributed by atoms with E-state index in [-0.39, 0.29) is 11.7 Å². The number of carbonyl (C=O) groups is 1. The van der Waals surface area contributed by atoms with E-state index in [1.54, 1.807) is 12.1 Å². The van der Waals surface area contributed by atoms with Crippen molar-refractivity contribution >= 4 is 17.5 Å². The molecule has 37 heavy (non-hydrogen) atoms. The van der Waals surface area contributed by atoms with Crippen molar-refractivity contribution < 1.29 is 19.4 Å². The van der Waals surface area contributed by atoms with Gasteiger partial charge in [0.15, 0.2) is 11.5 Å². The average molecular weight is 518 g/mol. The number of benzene rings is 3. The number of rotatable bonds is 9. The summed E-state index contributed by atoms with van der Waals surface area (Å²) >= 11 is 6.24. The number of phenols is 1. The molecule has 1 atom stereocenters. The van der Waals surface area contributed by atoms with Gasteiger partial charge in [-0.1, -0.05) is 54.9 Å². The maximum absolute atomic E-state index is 13.4. The van der Waals surface area contributed by atoms with Crippen LogP contribution in [0, 0.1) is 0 Å². The van der Waals surface area contributed by atoms with Crippen molar-refractivity contribution in [3.05, 3.63) is 94.1 Å². The van der Waals surface area contributed by atoms with Crippen LogP contribution in [0.4, 0.5) is 0 Å². The second-order valence-corrected chi connectivity index (χ2v) is 9.27. The topological polar surface area (TPSA) is 87.7 Å². The molecule has 1 aliphatic heterocycles. The Labute approximate surface area is 220 Å². The number of carbonyl (C=O) groups excluding carboxylic acids is 1. The molecule has 8 heteroatoms. The summed E-state index contributed by atoms with van der Waals surface area (Å²) in [5.74, 6) is 1.13. The summed E-state index contributed by atoms with van der Waals surface area (Å²) in [6.45, 7) is 5.39. The molecule has 0 spiro atoms. The highest BCUT2D eigenvalue weighted by Crippen LogP contribution is 2.46. The van der Waals surface area contributed by atoms with E-state index in [1.807, 2.05) is 67.3 Å². The Balaban J connectivity index is 1.57. The number of hydrogen-bond donors (Lipinski definition) is 2. The van der Waals surface area contributed by atoms with E-state index in [0.717, 1.165) is 17.5 Å². The molecule has 3 aromatic carbocycles. The first-order valence-corrected chi connectivity index (χ1v) is 12.7. The summed E-state index contributed by atoms with van der Waals surface area (Å²) in [6.07, 6.45) is 0.786. The van der Waals surface area contributed by atoms with E-state index < -0.39 is 6.04 Å². The molecule has 2 heterocycles. The van der Waals surface area contributed by atoms with Crippen LogP contribution < -0.4 is 9.47 Å². The summed E-state index contributed by atoms with van der Waals surface area (Å²) in [6, 6.07) is 20.1. The number of H-pyrrole nitrogens is 1. The highest BCUT2D eigenvalue weighted by molar-refractivity contribution is 6.31. The Bertz CT molecular complexity index is 1420. The van der Waals surface area contributed by atoms with Crippen LogP contribution in [0.15, 0.2) is 66.7 Å². The van der Waals surface area contributed by atoms with Crippen molar-refractivity contribution in [3.8, 4) is 28.5 Å². The highest BCUT2D eigenvalue weighted by atomic mass is 35.5. The molecule has 1 unspecified atom stereocenters. The van der Waals surface area contributed by atoms with Crippen molar-refractivity contribution in [2.24, 2.45) is 0 Å². The normalized spacial score (nSPS) is 14.6. The smallest absolute Gasteiger partial charge is 0.273 e. The molecule has 0 saturated carbocycles. The first-order chi connectivity index (χ1) is 18.0. The Kier molecular flexibility index (Phi) is 7.06. The fourth-order valence-corrected chi connectivity index (χ4v) is 4.91. The van der Waals surface area contributed by atoms with E-state index >= 15 is 0 Å². The Morgan fingerprint density at radius 1 is 1.03 bits per heavy atom. The summed E-state index contributed by atoms with van der Waals surface area (Å²) < 4.78 is 12.1. The highest BCUT2D eigenvalue weighted by Gasteiger charge is 2.42. The van der Waals surface area contributed by atoms with Crippen LogP contribution in [0.5, 0.6) is 17.2 Å². The molecule has 1 amide bonds. The predicted molar refractivity (Wildman–Crippen MR) is 142 cm³/mol. The molecule has 4 aromatic rings. The number of ether oxygens (including phenoxy) is 2. The molecule has 2 N–H and O–H groups in total. The number of nitrogens with one attached hydrogen (secondary N) is 1. The molecule has 0 radical (unpaired) electrons. The lowest BCUT2D eigenvalue weighted by Gasteiger charge is -2.26. The van der Waals surface area contributed by atoms with Gasteiger partial charge in [0.25, 0.3) is 5.91 Å². The average Bonchev–Trinajstić information content (AvgIpc) is 3.45. The molecule has 190 valence electrons. The maximum atomic E-state index is 13.4. The molecule has 0 saturated heterocycles. The minimum atomic E-state index is -0.419. The quantitative estimate of drug-likeness (QED) is 0.269. The number of aromatic amines is 1. The predicted octanol–water partition coefficient (Wildman–Crippen LogP) is 6.37. The van der Waals surface area contributed by atoms with Gasteiger partial charge in [-0.05, 0) is 54.8 Å². The number of aromatic nitrogens is 2. The van der Waals surface area contributed by atoms with Crippen LogP contribution in [0.1, 0.15) is 53.5 Å². The first-order valence-electron chi connectivity index (χ1n) is 12.3. The maximum Gasteiger partial charge on any atom is 0.273 e. The van der Waals surface area contributed by atoms with Gasteiger partial charge in [0.05, 0.1) is 12.6 Å². The van der Waals surface area contributed by atoms with Crippen LogP contribution in [-0.2, 0) is 6.61 Å². The Morgan fingerprint density at radius 3 is 2.59 bits per heavy atom. The van der Waals surface area contributed by atoms with Gasteiger partial charge in [0.1, 0.15) is 23.7 Å². The molecule has 1 aromatic heterocycles. The van der Waals surface area contributed by atoms with E-state index in [0.29, 0.717) is 58.8 Å². The number of phenolic OH excluding ortho intramolecular Hbond substituents is 1. The van der Waals surface area contributed by atoms with Gasteiger partial charge in [-0.25, -0.2) is 0 Å². The zero-order valence-corrected chi connectivity index (χ0v) is 21.5. The number of nitrogens with zero attached hydrogens (tertiary/aromatic N) is 2. The molecule has 0 bridgehead atoms. The van der Waals surface area contributed by atoms with Gasteiger partial charge >= 0.3 is 0 Å². The van der Waals surface area contributed by atoms with Gasteiger partial charge in [-0.2, -0.15) is 5.10 Å². The van der Waals surface area contributed by atoms with Gasteiger partial charge in [0, 0.05) is 22.7 Å². The second-order valence-electron chi connectivity index (χ2n) is 8.84. The van der Waals surface area contributed by atoms with Crippen LogP contribution >= 0.6 is 11.6 Å². The number of fused-ring (bicyclic) bond motifs is 1. The first kappa shape index (κ1) is 24.7. The number of amides is 1. The van der Waals surface area contributed by atoms with E-state index in [2.05, 4.69) is 10.2 Å². The third-order valence-electron chi connectivity index (χ3n) is 6.36. The monoisotopic (exact) mass is 517 g/mol. The largest absolute Gasteiger partial charge is 0.507 e. The molecular weight excluding hydrogens is 490 g/mol. The van der Waals surface area contributed by atoms with Crippen molar-refractivity contribution in [2.75, 3.05) is 13.2 Å². The second kappa shape index (κ2) is 10.6. The molecule has 0 aliphatic carbocycles. The van der Waals surface area contributed by atoms with Crippen molar-refractivity contribution in [1.29, 1.82) is 0 Å². The zero-order valence-electron chi connectivity index (χ0n) is 20.7. The fraction of sp³-hybridized carbons (Fsp3) is 0.241. The van der Waals surface area contributed by atoms with Crippen LogP contribution in [0.2, 0.25) is 5.02 Å². The lowest BCUT2D eigenvalue weighted by atomic mass is 9.95.